The monoisotopic (exact) mass is 297 g/mol. The molecule has 0 bridgehead atoms. The highest BCUT2D eigenvalue weighted by Crippen LogP contribution is 2.35. The Morgan fingerprint density at radius 3 is 2.32 bits per heavy atom. The van der Waals surface area contributed by atoms with Gasteiger partial charge in [-0.2, -0.15) is 0 Å². The molecule has 1 aromatic rings. The van der Waals surface area contributed by atoms with Gasteiger partial charge in [-0.1, -0.05) is 78.0 Å². The molecule has 0 radical (unpaired) electrons. The third-order valence-electron chi connectivity index (χ3n) is 4.85. The summed E-state index contributed by atoms with van der Waals surface area (Å²) in [6, 6.07) is 7.20. The molecule has 1 heteroatoms. The SMILES string of the molecule is CC(C)[C@H](C)c1ccc(C(C)(C)C)cc1C1=CCC(N)C=C1. The summed E-state index contributed by atoms with van der Waals surface area (Å²) in [6.07, 6.45) is 7.56. The lowest BCUT2D eigenvalue weighted by Gasteiger charge is -2.26. The number of rotatable bonds is 3. The van der Waals surface area contributed by atoms with Crippen molar-refractivity contribution < 1.29 is 0 Å². The molecule has 0 heterocycles. The molecule has 0 aromatic heterocycles. The summed E-state index contributed by atoms with van der Waals surface area (Å²) in [4.78, 5) is 0. The van der Waals surface area contributed by atoms with E-state index in [1.165, 1.54) is 22.3 Å². The van der Waals surface area contributed by atoms with Crippen LogP contribution in [0.3, 0.4) is 0 Å². The molecule has 0 spiro atoms. The van der Waals surface area contributed by atoms with Crippen LogP contribution in [-0.4, -0.2) is 6.04 Å². The van der Waals surface area contributed by atoms with Crippen LogP contribution in [0.15, 0.2) is 36.4 Å². The predicted molar refractivity (Wildman–Crippen MR) is 98.1 cm³/mol. The largest absolute Gasteiger partial charge is 0.324 e. The summed E-state index contributed by atoms with van der Waals surface area (Å²) in [6.45, 7) is 13.8. The zero-order valence-corrected chi connectivity index (χ0v) is 15.0. The van der Waals surface area contributed by atoms with Crippen LogP contribution in [0, 0.1) is 5.92 Å². The first-order valence-electron chi connectivity index (χ1n) is 8.49. The Morgan fingerprint density at radius 2 is 1.82 bits per heavy atom. The van der Waals surface area contributed by atoms with Crippen LogP contribution in [0.25, 0.3) is 5.57 Å². The van der Waals surface area contributed by atoms with E-state index < -0.39 is 0 Å². The zero-order chi connectivity index (χ0) is 16.5. The smallest absolute Gasteiger partial charge is 0.0262 e. The highest BCUT2D eigenvalue weighted by Gasteiger charge is 2.21. The van der Waals surface area contributed by atoms with E-state index in [1.807, 2.05) is 0 Å². The molecule has 1 nitrogen and oxygen atoms in total. The Balaban J connectivity index is 2.54. The fourth-order valence-corrected chi connectivity index (χ4v) is 2.87. The van der Waals surface area contributed by atoms with Crippen LogP contribution in [0.5, 0.6) is 0 Å². The van der Waals surface area contributed by atoms with E-state index in [0.29, 0.717) is 11.8 Å². The minimum atomic E-state index is 0.167. The van der Waals surface area contributed by atoms with Gasteiger partial charge in [0.1, 0.15) is 0 Å². The Hall–Kier alpha value is -1.34. The first-order chi connectivity index (χ1) is 10.2. The zero-order valence-electron chi connectivity index (χ0n) is 15.0. The first-order valence-corrected chi connectivity index (χ1v) is 8.49. The van der Waals surface area contributed by atoms with Gasteiger partial charge in [0.25, 0.3) is 0 Å². The predicted octanol–water partition coefficient (Wildman–Crippen LogP) is 5.41. The topological polar surface area (TPSA) is 26.0 Å². The maximum atomic E-state index is 5.99. The summed E-state index contributed by atoms with van der Waals surface area (Å²) in [7, 11) is 0. The Labute approximate surface area is 136 Å². The van der Waals surface area contributed by atoms with Crippen LogP contribution < -0.4 is 5.73 Å². The number of nitrogens with two attached hydrogens (primary N) is 1. The fraction of sp³-hybridized carbons (Fsp3) is 0.524. The lowest BCUT2D eigenvalue weighted by Crippen LogP contribution is -2.18. The molecule has 0 saturated carbocycles. The van der Waals surface area contributed by atoms with Crippen molar-refractivity contribution in [3.8, 4) is 0 Å². The normalized spacial score (nSPS) is 20.2. The molecular formula is C21H31N. The molecule has 0 aliphatic heterocycles. The molecule has 2 atom stereocenters. The molecule has 0 amide bonds. The second-order valence-corrected chi connectivity index (χ2v) is 8.00. The molecule has 2 rings (SSSR count). The van der Waals surface area contributed by atoms with Crippen molar-refractivity contribution >= 4 is 5.57 Å². The van der Waals surface area contributed by atoms with Crippen molar-refractivity contribution in [1.82, 2.24) is 0 Å². The van der Waals surface area contributed by atoms with Crippen LogP contribution in [0.1, 0.15) is 70.6 Å². The summed E-state index contributed by atoms with van der Waals surface area (Å²) < 4.78 is 0. The van der Waals surface area contributed by atoms with Crippen molar-refractivity contribution in [2.45, 2.75) is 65.3 Å². The van der Waals surface area contributed by atoms with Gasteiger partial charge in [0.15, 0.2) is 0 Å². The van der Waals surface area contributed by atoms with Gasteiger partial charge in [-0.25, -0.2) is 0 Å². The van der Waals surface area contributed by atoms with Crippen molar-refractivity contribution in [2.24, 2.45) is 11.7 Å². The number of hydrogen-bond acceptors (Lipinski definition) is 1. The van der Waals surface area contributed by atoms with Crippen molar-refractivity contribution in [3.05, 3.63) is 53.1 Å². The Morgan fingerprint density at radius 1 is 1.14 bits per heavy atom. The highest BCUT2D eigenvalue weighted by atomic mass is 14.6. The second-order valence-electron chi connectivity index (χ2n) is 8.00. The van der Waals surface area contributed by atoms with Gasteiger partial charge in [0.05, 0.1) is 0 Å². The minimum absolute atomic E-state index is 0.167. The third kappa shape index (κ3) is 3.70. The summed E-state index contributed by atoms with van der Waals surface area (Å²) in [5.74, 6) is 1.18. The van der Waals surface area contributed by atoms with Gasteiger partial charge in [-0.3, -0.25) is 0 Å². The van der Waals surface area contributed by atoms with E-state index in [4.69, 9.17) is 5.73 Å². The molecule has 1 aromatic carbocycles. The lowest BCUT2D eigenvalue weighted by atomic mass is 9.79. The molecule has 1 unspecified atom stereocenters. The molecule has 2 N–H and O–H groups in total. The molecule has 0 fully saturated rings. The number of benzene rings is 1. The fourth-order valence-electron chi connectivity index (χ4n) is 2.87. The number of hydrogen-bond donors (Lipinski definition) is 1. The quantitative estimate of drug-likeness (QED) is 0.792. The second kappa shape index (κ2) is 6.42. The maximum Gasteiger partial charge on any atom is 0.0262 e. The molecule has 1 aliphatic rings. The van der Waals surface area contributed by atoms with E-state index in [1.54, 1.807) is 0 Å². The van der Waals surface area contributed by atoms with E-state index in [9.17, 15) is 0 Å². The van der Waals surface area contributed by atoms with E-state index in [0.717, 1.165) is 6.42 Å². The van der Waals surface area contributed by atoms with Crippen LogP contribution in [0.2, 0.25) is 0 Å². The van der Waals surface area contributed by atoms with Crippen LogP contribution in [-0.2, 0) is 5.41 Å². The van der Waals surface area contributed by atoms with E-state index >= 15 is 0 Å². The molecular weight excluding hydrogens is 266 g/mol. The van der Waals surface area contributed by atoms with Crippen molar-refractivity contribution in [3.63, 3.8) is 0 Å². The molecule has 0 saturated heterocycles. The van der Waals surface area contributed by atoms with Crippen molar-refractivity contribution in [1.29, 1.82) is 0 Å². The first kappa shape index (κ1) is 17.0. The van der Waals surface area contributed by atoms with E-state index in [2.05, 4.69) is 78.0 Å². The molecule has 120 valence electrons. The molecule has 1 aliphatic carbocycles. The third-order valence-corrected chi connectivity index (χ3v) is 4.85. The maximum absolute atomic E-state index is 5.99. The Kier molecular flexibility index (Phi) is 4.97. The number of allylic oxidation sites excluding steroid dienone is 2. The van der Waals surface area contributed by atoms with Crippen molar-refractivity contribution in [2.75, 3.05) is 0 Å². The van der Waals surface area contributed by atoms with Gasteiger partial charge in [0, 0.05) is 6.04 Å². The van der Waals surface area contributed by atoms with Crippen LogP contribution in [0.4, 0.5) is 0 Å². The minimum Gasteiger partial charge on any atom is -0.324 e. The Bertz CT molecular complexity index is 584. The summed E-state index contributed by atoms with van der Waals surface area (Å²) in [5, 5.41) is 0. The van der Waals surface area contributed by atoms with E-state index in [-0.39, 0.29) is 11.5 Å². The van der Waals surface area contributed by atoms with Gasteiger partial charge in [0.2, 0.25) is 0 Å². The average Bonchev–Trinajstić information content (AvgIpc) is 2.45. The highest BCUT2D eigenvalue weighted by molar-refractivity contribution is 5.78. The summed E-state index contributed by atoms with van der Waals surface area (Å²) >= 11 is 0. The van der Waals surface area contributed by atoms with Gasteiger partial charge < -0.3 is 5.73 Å². The average molecular weight is 297 g/mol. The van der Waals surface area contributed by atoms with Gasteiger partial charge in [-0.05, 0) is 45.9 Å². The van der Waals surface area contributed by atoms with Gasteiger partial charge >= 0.3 is 0 Å². The summed E-state index contributed by atoms with van der Waals surface area (Å²) in [5.41, 5.74) is 11.7. The lowest BCUT2D eigenvalue weighted by molar-refractivity contribution is 0.532. The molecule has 22 heavy (non-hydrogen) atoms. The van der Waals surface area contributed by atoms with Crippen LogP contribution >= 0.6 is 0 Å². The standard InChI is InChI=1S/C21H31N/c1-14(2)15(3)19-12-9-17(21(4,5)6)13-20(19)16-7-10-18(22)11-8-16/h7-10,12-15,18H,11,22H2,1-6H3/t15-,18?/m0/s1. The van der Waals surface area contributed by atoms with Gasteiger partial charge in [-0.15, -0.1) is 0 Å².